The van der Waals surface area contributed by atoms with E-state index in [2.05, 4.69) is 10.6 Å². The summed E-state index contributed by atoms with van der Waals surface area (Å²) < 4.78 is 0. The van der Waals surface area contributed by atoms with Gasteiger partial charge in [0.1, 0.15) is 0 Å². The number of carbonyl (C=O) groups excluding carboxylic acids is 2. The molecule has 5 nitrogen and oxygen atoms in total. The molecule has 5 heteroatoms. The van der Waals surface area contributed by atoms with Crippen LogP contribution in [0.15, 0.2) is 54.7 Å². The Kier molecular flexibility index (Phi) is 6.04. The van der Waals surface area contributed by atoms with Crippen molar-refractivity contribution in [2.75, 3.05) is 11.9 Å². The zero-order valence-corrected chi connectivity index (χ0v) is 15.7. The number of nitrogens with zero attached hydrogens (tertiary/aromatic N) is 1. The minimum absolute atomic E-state index is 0.0777. The van der Waals surface area contributed by atoms with E-state index in [0.29, 0.717) is 6.54 Å². The Morgan fingerprint density at radius 3 is 2.59 bits per heavy atom. The highest BCUT2D eigenvalue weighted by atomic mass is 16.2. The maximum atomic E-state index is 12.8. The Bertz CT molecular complexity index is 860. The molecule has 1 heterocycles. The van der Waals surface area contributed by atoms with Crippen molar-refractivity contribution in [1.29, 1.82) is 0 Å². The molecule has 27 heavy (non-hydrogen) atoms. The zero-order chi connectivity index (χ0) is 19.2. The summed E-state index contributed by atoms with van der Waals surface area (Å²) in [6.07, 6.45) is 3.88. The second-order valence-electron chi connectivity index (χ2n) is 6.58. The first-order chi connectivity index (χ1) is 13.1. The molecule has 2 amide bonds. The molecule has 0 spiro atoms. The monoisotopic (exact) mass is 363 g/mol. The Hall–Kier alpha value is -2.92. The number of nitrogens with one attached hydrogen (secondary N) is 2. The van der Waals surface area contributed by atoms with Crippen molar-refractivity contribution in [3.05, 3.63) is 71.4 Å². The minimum atomic E-state index is -0.301. The van der Waals surface area contributed by atoms with Gasteiger partial charge in [0.25, 0.3) is 0 Å². The molecule has 1 aliphatic heterocycles. The van der Waals surface area contributed by atoms with Crippen molar-refractivity contribution in [3.8, 4) is 0 Å². The lowest BCUT2D eigenvalue weighted by Crippen LogP contribution is -2.33. The highest BCUT2D eigenvalue weighted by Crippen LogP contribution is 2.33. The summed E-state index contributed by atoms with van der Waals surface area (Å²) in [5, 5.41) is 6.30. The third kappa shape index (κ3) is 4.44. The van der Waals surface area contributed by atoms with Crippen LogP contribution in [0.4, 0.5) is 5.69 Å². The van der Waals surface area contributed by atoms with Gasteiger partial charge in [-0.05, 0) is 35.4 Å². The van der Waals surface area contributed by atoms with Crippen LogP contribution in [-0.4, -0.2) is 23.3 Å². The summed E-state index contributed by atoms with van der Waals surface area (Å²) >= 11 is 0. The van der Waals surface area contributed by atoms with E-state index in [4.69, 9.17) is 0 Å². The smallest absolute Gasteiger partial charge is 0.226 e. The molecular formula is C22H25N3O2. The fraction of sp³-hybridized carbons (Fsp3) is 0.273. The molecule has 2 aromatic carbocycles. The average Bonchev–Trinajstić information content (AvgIpc) is 2.67. The van der Waals surface area contributed by atoms with Crippen LogP contribution in [0.5, 0.6) is 0 Å². The van der Waals surface area contributed by atoms with E-state index >= 15 is 0 Å². The molecule has 0 radical (unpaired) electrons. The average molecular weight is 363 g/mol. The number of hydrogen-bond acceptors (Lipinski definition) is 3. The topological polar surface area (TPSA) is 61.4 Å². The van der Waals surface area contributed by atoms with Crippen molar-refractivity contribution in [1.82, 2.24) is 10.2 Å². The number of para-hydroxylation sites is 1. The fourth-order valence-electron chi connectivity index (χ4n) is 3.35. The standard InChI is InChI=1S/C22H25N3O2/c1-3-23-15-18-9-5-7-11-20(18)24-22(27)14-21-19-10-6-4-8-17(19)12-13-25(21)16(2)26/h4-13,21,23H,3,14-15H2,1-2H3,(H,24,27). The normalized spacial score (nSPS) is 15.3. The van der Waals surface area contributed by atoms with Gasteiger partial charge in [0.2, 0.25) is 11.8 Å². The molecule has 0 saturated heterocycles. The van der Waals surface area contributed by atoms with Gasteiger partial charge >= 0.3 is 0 Å². The van der Waals surface area contributed by atoms with Crippen LogP contribution in [0.1, 0.15) is 43.0 Å². The van der Waals surface area contributed by atoms with Gasteiger partial charge in [-0.2, -0.15) is 0 Å². The summed E-state index contributed by atoms with van der Waals surface area (Å²) in [4.78, 5) is 26.5. The van der Waals surface area contributed by atoms with Gasteiger partial charge in [-0.25, -0.2) is 0 Å². The number of amides is 2. The third-order valence-electron chi connectivity index (χ3n) is 4.70. The van der Waals surface area contributed by atoms with E-state index < -0.39 is 0 Å². The molecule has 0 bridgehead atoms. The highest BCUT2D eigenvalue weighted by Gasteiger charge is 2.28. The first kappa shape index (κ1) is 18.9. The van der Waals surface area contributed by atoms with E-state index in [-0.39, 0.29) is 24.3 Å². The quantitative estimate of drug-likeness (QED) is 0.823. The number of benzene rings is 2. The van der Waals surface area contributed by atoms with Crippen LogP contribution in [0, 0.1) is 0 Å². The van der Waals surface area contributed by atoms with Gasteiger partial charge in [-0.1, -0.05) is 49.4 Å². The SMILES string of the molecule is CCNCc1ccccc1NC(=O)CC1c2ccccc2C=CN1C(C)=O. The first-order valence-electron chi connectivity index (χ1n) is 9.24. The third-order valence-corrected chi connectivity index (χ3v) is 4.70. The lowest BCUT2D eigenvalue weighted by Gasteiger charge is -2.32. The zero-order valence-electron chi connectivity index (χ0n) is 15.7. The number of fused-ring (bicyclic) bond motifs is 1. The van der Waals surface area contributed by atoms with Gasteiger partial charge < -0.3 is 15.5 Å². The summed E-state index contributed by atoms with van der Waals surface area (Å²) in [6.45, 7) is 5.13. The van der Waals surface area contributed by atoms with E-state index in [1.807, 2.05) is 61.5 Å². The maximum absolute atomic E-state index is 12.8. The lowest BCUT2D eigenvalue weighted by atomic mass is 9.93. The van der Waals surface area contributed by atoms with Crippen molar-refractivity contribution < 1.29 is 9.59 Å². The molecule has 140 valence electrons. The molecule has 1 unspecified atom stereocenters. The Labute approximate surface area is 160 Å². The Morgan fingerprint density at radius 2 is 1.81 bits per heavy atom. The molecular weight excluding hydrogens is 338 g/mol. The second-order valence-corrected chi connectivity index (χ2v) is 6.58. The van der Waals surface area contributed by atoms with Gasteiger partial charge in [0.05, 0.1) is 12.5 Å². The number of carbonyl (C=O) groups is 2. The van der Waals surface area contributed by atoms with Crippen molar-refractivity contribution in [3.63, 3.8) is 0 Å². The number of hydrogen-bond donors (Lipinski definition) is 2. The fourth-order valence-corrected chi connectivity index (χ4v) is 3.35. The van der Waals surface area contributed by atoms with E-state index in [9.17, 15) is 9.59 Å². The van der Waals surface area contributed by atoms with E-state index in [0.717, 1.165) is 28.9 Å². The van der Waals surface area contributed by atoms with Crippen molar-refractivity contribution >= 4 is 23.6 Å². The summed E-state index contributed by atoms with van der Waals surface area (Å²) in [5.41, 5.74) is 3.88. The van der Waals surface area contributed by atoms with Crippen molar-refractivity contribution in [2.24, 2.45) is 0 Å². The summed E-state index contributed by atoms with van der Waals surface area (Å²) in [7, 11) is 0. The first-order valence-corrected chi connectivity index (χ1v) is 9.24. The largest absolute Gasteiger partial charge is 0.326 e. The lowest BCUT2D eigenvalue weighted by molar-refractivity contribution is -0.129. The second kappa shape index (κ2) is 8.64. The molecule has 0 fully saturated rings. The molecule has 0 saturated carbocycles. The predicted octanol–water partition coefficient (Wildman–Crippen LogP) is 3.70. The maximum Gasteiger partial charge on any atom is 0.226 e. The Morgan fingerprint density at radius 1 is 1.07 bits per heavy atom. The number of rotatable bonds is 6. The van der Waals surface area contributed by atoms with E-state index in [1.54, 1.807) is 11.1 Å². The van der Waals surface area contributed by atoms with Crippen LogP contribution in [0.2, 0.25) is 0 Å². The molecule has 2 N–H and O–H groups in total. The summed E-state index contributed by atoms with van der Waals surface area (Å²) in [6, 6.07) is 15.3. The number of anilines is 1. The van der Waals surface area contributed by atoms with Gasteiger partial charge in [0.15, 0.2) is 0 Å². The van der Waals surface area contributed by atoms with Crippen LogP contribution in [0.3, 0.4) is 0 Å². The van der Waals surface area contributed by atoms with E-state index in [1.165, 1.54) is 6.92 Å². The highest BCUT2D eigenvalue weighted by molar-refractivity contribution is 5.92. The minimum Gasteiger partial charge on any atom is -0.326 e. The molecule has 0 aliphatic carbocycles. The van der Waals surface area contributed by atoms with Crippen LogP contribution < -0.4 is 10.6 Å². The molecule has 1 aliphatic rings. The molecule has 0 aromatic heterocycles. The van der Waals surface area contributed by atoms with Crippen molar-refractivity contribution in [2.45, 2.75) is 32.9 Å². The van der Waals surface area contributed by atoms with Gasteiger partial charge in [-0.3, -0.25) is 9.59 Å². The van der Waals surface area contributed by atoms with Crippen LogP contribution in [0.25, 0.3) is 6.08 Å². The molecule has 2 aromatic rings. The molecule has 1 atom stereocenters. The summed E-state index contributed by atoms with van der Waals surface area (Å²) in [5.74, 6) is -0.189. The van der Waals surface area contributed by atoms with Crippen LogP contribution >= 0.6 is 0 Å². The van der Waals surface area contributed by atoms with Gasteiger partial charge in [0, 0.05) is 25.4 Å². The Balaban J connectivity index is 1.78. The molecule has 3 rings (SSSR count). The van der Waals surface area contributed by atoms with Gasteiger partial charge in [-0.15, -0.1) is 0 Å². The predicted molar refractivity (Wildman–Crippen MR) is 108 cm³/mol. The van der Waals surface area contributed by atoms with Crippen LogP contribution in [-0.2, 0) is 16.1 Å².